The molecule has 0 unspecified atom stereocenters. The summed E-state index contributed by atoms with van der Waals surface area (Å²) < 4.78 is 11.4. The van der Waals surface area contributed by atoms with Crippen LogP contribution in [0.3, 0.4) is 0 Å². The lowest BCUT2D eigenvalue weighted by Crippen LogP contribution is -2.31. The SMILES string of the molecule is C=Cc1ccc(C(=O)OC2(CC)CCCC2)c(O)c1.C=Cc1ccc(O)cc1C(=O)OC1(CC)CCCC1. The maximum atomic E-state index is 12.3. The second kappa shape index (κ2) is 12.8. The van der Waals surface area contributed by atoms with E-state index in [0.717, 1.165) is 69.8 Å². The van der Waals surface area contributed by atoms with Crippen LogP contribution in [0, 0.1) is 0 Å². The molecule has 0 heterocycles. The second-order valence-electron chi connectivity index (χ2n) is 10.2. The fourth-order valence-corrected chi connectivity index (χ4v) is 5.34. The molecule has 6 nitrogen and oxygen atoms in total. The van der Waals surface area contributed by atoms with E-state index in [4.69, 9.17) is 9.47 Å². The summed E-state index contributed by atoms with van der Waals surface area (Å²) in [5, 5.41) is 19.4. The topological polar surface area (TPSA) is 93.1 Å². The molecular formula is C32H40O6. The zero-order valence-corrected chi connectivity index (χ0v) is 22.6. The number of carbonyl (C=O) groups excluding carboxylic acids is 2. The van der Waals surface area contributed by atoms with Crippen molar-refractivity contribution < 1.29 is 29.3 Å². The Balaban J connectivity index is 0.000000211. The van der Waals surface area contributed by atoms with E-state index in [1.54, 1.807) is 36.4 Å². The molecule has 4 rings (SSSR count). The van der Waals surface area contributed by atoms with Crippen molar-refractivity contribution in [3.63, 3.8) is 0 Å². The van der Waals surface area contributed by atoms with Crippen LogP contribution < -0.4 is 0 Å². The first-order valence-corrected chi connectivity index (χ1v) is 13.6. The van der Waals surface area contributed by atoms with E-state index in [9.17, 15) is 19.8 Å². The van der Waals surface area contributed by atoms with Crippen LogP contribution in [-0.2, 0) is 9.47 Å². The highest BCUT2D eigenvalue weighted by Crippen LogP contribution is 2.38. The fraction of sp³-hybridized carbons (Fsp3) is 0.438. The third kappa shape index (κ3) is 6.85. The van der Waals surface area contributed by atoms with Crippen molar-refractivity contribution in [1.82, 2.24) is 0 Å². The summed E-state index contributed by atoms with van der Waals surface area (Å²) in [5.74, 6) is -0.785. The molecule has 204 valence electrons. The molecule has 0 spiro atoms. The van der Waals surface area contributed by atoms with Gasteiger partial charge in [-0.05, 0) is 99.6 Å². The summed E-state index contributed by atoms with van der Waals surface area (Å²) in [6, 6.07) is 9.52. The number of aromatic hydroxyl groups is 2. The predicted molar refractivity (Wildman–Crippen MR) is 150 cm³/mol. The Morgan fingerprint density at radius 3 is 1.76 bits per heavy atom. The standard InChI is InChI=1S/2C16H20O3/c1-3-12-7-8-13(17)11-14(12)15(18)19-16(4-2)9-5-6-10-16;1-3-12-7-8-13(14(17)11-12)15(18)19-16(4-2)9-5-6-10-16/h2*3,7-8,11,17H,1,4-6,9-10H2,2H3. The van der Waals surface area contributed by atoms with Gasteiger partial charge in [-0.25, -0.2) is 9.59 Å². The molecule has 2 aromatic carbocycles. The average molecular weight is 521 g/mol. The van der Waals surface area contributed by atoms with E-state index in [0.29, 0.717) is 11.1 Å². The Bertz CT molecular complexity index is 1150. The molecule has 0 radical (unpaired) electrons. The Morgan fingerprint density at radius 1 is 0.789 bits per heavy atom. The molecular weight excluding hydrogens is 480 g/mol. The van der Waals surface area contributed by atoms with Gasteiger partial charge in [0.1, 0.15) is 28.3 Å². The number of phenols is 2. The highest BCUT2D eigenvalue weighted by atomic mass is 16.6. The zero-order valence-electron chi connectivity index (χ0n) is 22.6. The second-order valence-corrected chi connectivity index (χ2v) is 10.2. The molecule has 0 aliphatic heterocycles. The van der Waals surface area contributed by atoms with E-state index in [1.807, 2.05) is 6.92 Å². The monoisotopic (exact) mass is 520 g/mol. The number of ether oxygens (including phenoxy) is 2. The maximum absolute atomic E-state index is 12.3. The molecule has 0 aromatic heterocycles. The van der Waals surface area contributed by atoms with Gasteiger partial charge in [-0.3, -0.25) is 0 Å². The first-order chi connectivity index (χ1) is 18.2. The Kier molecular flexibility index (Phi) is 9.78. The van der Waals surface area contributed by atoms with Crippen LogP contribution in [0.4, 0.5) is 0 Å². The minimum atomic E-state index is -0.433. The Hall–Kier alpha value is -3.54. The fourth-order valence-electron chi connectivity index (χ4n) is 5.34. The van der Waals surface area contributed by atoms with Gasteiger partial charge in [-0.2, -0.15) is 0 Å². The first kappa shape index (κ1) is 29.0. The Labute approximate surface area is 226 Å². The van der Waals surface area contributed by atoms with Crippen LogP contribution in [0.5, 0.6) is 11.5 Å². The van der Waals surface area contributed by atoms with Gasteiger partial charge in [0.15, 0.2) is 0 Å². The van der Waals surface area contributed by atoms with Crippen LogP contribution in [0.1, 0.15) is 110 Å². The lowest BCUT2D eigenvalue weighted by atomic mass is 9.98. The van der Waals surface area contributed by atoms with E-state index in [1.165, 1.54) is 12.1 Å². The number of rotatable bonds is 8. The van der Waals surface area contributed by atoms with Crippen LogP contribution >= 0.6 is 0 Å². The third-order valence-corrected chi connectivity index (χ3v) is 7.89. The van der Waals surface area contributed by atoms with Crippen LogP contribution in [0.15, 0.2) is 49.6 Å². The number of carbonyl (C=O) groups is 2. The number of hydrogen-bond acceptors (Lipinski definition) is 6. The van der Waals surface area contributed by atoms with Gasteiger partial charge in [-0.15, -0.1) is 0 Å². The van der Waals surface area contributed by atoms with E-state index in [2.05, 4.69) is 20.1 Å². The molecule has 6 heteroatoms. The van der Waals surface area contributed by atoms with E-state index < -0.39 is 5.97 Å². The highest BCUT2D eigenvalue weighted by molar-refractivity contribution is 5.94. The van der Waals surface area contributed by atoms with Crippen LogP contribution in [0.25, 0.3) is 12.2 Å². The van der Waals surface area contributed by atoms with Gasteiger partial charge in [0, 0.05) is 0 Å². The minimum absolute atomic E-state index is 0.0494. The molecule has 0 atom stereocenters. The lowest BCUT2D eigenvalue weighted by molar-refractivity contribution is -0.0183. The minimum Gasteiger partial charge on any atom is -0.508 e. The average Bonchev–Trinajstić information content (AvgIpc) is 3.59. The lowest BCUT2D eigenvalue weighted by Gasteiger charge is -2.28. The van der Waals surface area contributed by atoms with Gasteiger partial charge in [0.05, 0.1) is 5.56 Å². The maximum Gasteiger partial charge on any atom is 0.342 e. The van der Waals surface area contributed by atoms with Crippen molar-refractivity contribution in [2.45, 2.75) is 89.3 Å². The summed E-state index contributed by atoms with van der Waals surface area (Å²) in [6.07, 6.45) is 13.0. The summed E-state index contributed by atoms with van der Waals surface area (Å²) in [7, 11) is 0. The molecule has 2 fully saturated rings. The van der Waals surface area contributed by atoms with E-state index >= 15 is 0 Å². The summed E-state index contributed by atoms with van der Waals surface area (Å²) >= 11 is 0. The number of phenolic OH excluding ortho intramolecular Hbond substituents is 2. The van der Waals surface area contributed by atoms with Crippen molar-refractivity contribution in [1.29, 1.82) is 0 Å². The highest BCUT2D eigenvalue weighted by Gasteiger charge is 2.37. The molecule has 0 amide bonds. The molecule has 0 bridgehead atoms. The quantitative estimate of drug-likeness (QED) is 0.345. The van der Waals surface area contributed by atoms with Crippen molar-refractivity contribution in [3.05, 3.63) is 71.8 Å². The zero-order chi connectivity index (χ0) is 27.8. The first-order valence-electron chi connectivity index (χ1n) is 13.6. The van der Waals surface area contributed by atoms with Gasteiger partial charge in [0.25, 0.3) is 0 Å². The van der Waals surface area contributed by atoms with E-state index in [-0.39, 0.29) is 34.2 Å². The molecule has 2 N–H and O–H groups in total. The normalized spacial score (nSPS) is 17.1. The molecule has 2 aliphatic carbocycles. The van der Waals surface area contributed by atoms with Crippen molar-refractivity contribution in [2.24, 2.45) is 0 Å². The number of esters is 2. The largest absolute Gasteiger partial charge is 0.508 e. The molecule has 2 aliphatic rings. The molecule has 0 saturated heterocycles. The van der Waals surface area contributed by atoms with Crippen LogP contribution in [0.2, 0.25) is 0 Å². The van der Waals surface area contributed by atoms with Gasteiger partial charge in [-0.1, -0.05) is 51.3 Å². The van der Waals surface area contributed by atoms with Gasteiger partial charge >= 0.3 is 11.9 Å². The van der Waals surface area contributed by atoms with Gasteiger partial charge < -0.3 is 19.7 Å². The smallest absolute Gasteiger partial charge is 0.342 e. The van der Waals surface area contributed by atoms with Crippen molar-refractivity contribution >= 4 is 24.1 Å². The Morgan fingerprint density at radius 2 is 1.32 bits per heavy atom. The summed E-state index contributed by atoms with van der Waals surface area (Å²) in [6.45, 7) is 11.4. The predicted octanol–water partition coefficient (Wildman–Crippen LogP) is 7.83. The van der Waals surface area contributed by atoms with Crippen molar-refractivity contribution in [2.75, 3.05) is 0 Å². The van der Waals surface area contributed by atoms with Crippen LogP contribution in [-0.4, -0.2) is 33.4 Å². The number of hydrogen-bond donors (Lipinski definition) is 2. The molecule has 2 aromatic rings. The molecule has 38 heavy (non-hydrogen) atoms. The third-order valence-electron chi connectivity index (χ3n) is 7.89. The van der Waals surface area contributed by atoms with Gasteiger partial charge in [0.2, 0.25) is 0 Å². The summed E-state index contributed by atoms with van der Waals surface area (Å²) in [5.41, 5.74) is 1.42. The summed E-state index contributed by atoms with van der Waals surface area (Å²) in [4.78, 5) is 24.5. The van der Waals surface area contributed by atoms with Crippen molar-refractivity contribution in [3.8, 4) is 11.5 Å². The number of benzene rings is 2. The molecule has 2 saturated carbocycles.